The molecule has 0 saturated carbocycles. The van der Waals surface area contributed by atoms with Crippen LogP contribution in [0.1, 0.15) is 37.2 Å². The van der Waals surface area contributed by atoms with Crippen LogP contribution in [0.5, 0.6) is 0 Å². The molecule has 0 radical (unpaired) electrons. The van der Waals surface area contributed by atoms with E-state index in [0.717, 1.165) is 0 Å². The van der Waals surface area contributed by atoms with Gasteiger partial charge < -0.3 is 0 Å². The van der Waals surface area contributed by atoms with E-state index in [1.807, 2.05) is 13.8 Å². The summed E-state index contributed by atoms with van der Waals surface area (Å²) in [5, 5.41) is 0. The van der Waals surface area contributed by atoms with Crippen molar-refractivity contribution in [3.05, 3.63) is 29.1 Å². The number of aromatic nitrogens is 1. The first-order valence-corrected chi connectivity index (χ1v) is 4.33. The van der Waals surface area contributed by atoms with Crippen LogP contribution in [0, 0.1) is 13.8 Å². The molecule has 0 fully saturated rings. The Kier molecular flexibility index (Phi) is 5.19. The predicted molar refractivity (Wildman–Crippen MR) is 50.0 cm³/mol. The van der Waals surface area contributed by atoms with E-state index in [1.165, 1.54) is 12.1 Å². The molecule has 0 spiro atoms. The van der Waals surface area contributed by atoms with E-state index in [2.05, 4.69) is 4.98 Å². The zero-order chi connectivity index (χ0) is 10.4. The van der Waals surface area contributed by atoms with Gasteiger partial charge in [0, 0.05) is 17.0 Å². The Hall–Kier alpha value is -0.990. The number of aryl methyl sites for hydroxylation is 2. The van der Waals surface area contributed by atoms with E-state index < -0.39 is 6.43 Å². The topological polar surface area (TPSA) is 12.9 Å². The summed E-state index contributed by atoms with van der Waals surface area (Å²) in [6.45, 7) is 7.41. The summed E-state index contributed by atoms with van der Waals surface area (Å²) >= 11 is 0. The number of nitrogens with zero attached hydrogens (tertiary/aromatic N) is 1. The molecule has 0 aliphatic heterocycles. The first kappa shape index (κ1) is 12.0. The summed E-state index contributed by atoms with van der Waals surface area (Å²) < 4.78 is 24.2. The molecular weight excluding hydrogens is 172 g/mol. The van der Waals surface area contributed by atoms with Crippen molar-refractivity contribution >= 4 is 0 Å². The van der Waals surface area contributed by atoms with Crippen LogP contribution in [0.4, 0.5) is 8.78 Å². The summed E-state index contributed by atoms with van der Waals surface area (Å²) in [4.78, 5) is 3.98. The smallest absolute Gasteiger partial charge is 0.258 e. The molecule has 3 heteroatoms. The van der Waals surface area contributed by atoms with Gasteiger partial charge >= 0.3 is 0 Å². The van der Waals surface area contributed by atoms with E-state index in [9.17, 15) is 8.78 Å². The van der Waals surface area contributed by atoms with Crippen LogP contribution in [0.15, 0.2) is 12.1 Å². The van der Waals surface area contributed by atoms with Crippen molar-refractivity contribution in [2.45, 2.75) is 34.1 Å². The monoisotopic (exact) mass is 187 g/mol. The molecule has 1 heterocycles. The maximum Gasteiger partial charge on any atom is 0.263 e. The first-order valence-electron chi connectivity index (χ1n) is 4.33. The minimum atomic E-state index is -2.39. The van der Waals surface area contributed by atoms with Gasteiger partial charge in [-0.05, 0) is 26.0 Å². The van der Waals surface area contributed by atoms with Gasteiger partial charge in [-0.15, -0.1) is 0 Å². The molecule has 0 N–H and O–H groups in total. The van der Waals surface area contributed by atoms with Gasteiger partial charge in [0.15, 0.2) is 0 Å². The number of pyridine rings is 1. The van der Waals surface area contributed by atoms with E-state index >= 15 is 0 Å². The van der Waals surface area contributed by atoms with Crippen LogP contribution in [0.2, 0.25) is 0 Å². The molecule has 74 valence electrons. The van der Waals surface area contributed by atoms with Crippen molar-refractivity contribution in [1.82, 2.24) is 4.98 Å². The fraction of sp³-hybridized carbons (Fsp3) is 0.500. The van der Waals surface area contributed by atoms with Gasteiger partial charge in [-0.2, -0.15) is 0 Å². The van der Waals surface area contributed by atoms with Gasteiger partial charge in [0.1, 0.15) is 0 Å². The van der Waals surface area contributed by atoms with E-state index in [1.54, 1.807) is 13.8 Å². The lowest BCUT2D eigenvalue weighted by Gasteiger charge is -2.01. The molecule has 1 nitrogen and oxygen atoms in total. The van der Waals surface area contributed by atoms with E-state index in [-0.39, 0.29) is 5.56 Å². The Morgan fingerprint density at radius 1 is 1.08 bits per heavy atom. The number of rotatable bonds is 1. The molecular formula is C10H15F2N. The Bertz CT molecular complexity index is 239. The average molecular weight is 187 g/mol. The molecule has 0 amide bonds. The van der Waals surface area contributed by atoms with Crippen LogP contribution in [-0.4, -0.2) is 4.98 Å². The lowest BCUT2D eigenvalue weighted by atomic mass is 10.2. The Balaban J connectivity index is 0.000000671. The third kappa shape index (κ3) is 3.97. The zero-order valence-electron chi connectivity index (χ0n) is 8.44. The summed E-state index contributed by atoms with van der Waals surface area (Å²) in [6.07, 6.45) is -2.39. The number of alkyl halides is 2. The van der Waals surface area contributed by atoms with Crippen molar-refractivity contribution in [2.75, 3.05) is 0 Å². The Labute approximate surface area is 77.8 Å². The fourth-order valence-electron chi connectivity index (χ4n) is 0.993. The maximum atomic E-state index is 12.1. The highest BCUT2D eigenvalue weighted by Crippen LogP contribution is 2.19. The lowest BCUT2D eigenvalue weighted by molar-refractivity contribution is 0.151. The van der Waals surface area contributed by atoms with Crippen molar-refractivity contribution in [1.29, 1.82) is 0 Å². The van der Waals surface area contributed by atoms with Gasteiger partial charge in [-0.3, -0.25) is 4.98 Å². The van der Waals surface area contributed by atoms with Crippen molar-refractivity contribution in [3.8, 4) is 0 Å². The second kappa shape index (κ2) is 5.62. The van der Waals surface area contributed by atoms with Gasteiger partial charge in [0.2, 0.25) is 0 Å². The van der Waals surface area contributed by atoms with Crippen LogP contribution >= 0.6 is 0 Å². The third-order valence-corrected chi connectivity index (χ3v) is 1.36. The molecule has 0 atom stereocenters. The average Bonchev–Trinajstić information content (AvgIpc) is 2.06. The van der Waals surface area contributed by atoms with Crippen LogP contribution in [0.25, 0.3) is 0 Å². The number of hydrogen-bond donors (Lipinski definition) is 0. The molecule has 0 aliphatic rings. The molecule has 0 aliphatic carbocycles. The SMILES string of the molecule is CC.Cc1cc(C(F)F)cc(C)n1. The quantitative estimate of drug-likeness (QED) is 0.653. The second-order valence-electron chi connectivity index (χ2n) is 2.48. The Morgan fingerprint density at radius 3 is 1.77 bits per heavy atom. The predicted octanol–water partition coefficient (Wildman–Crippen LogP) is 3.66. The minimum Gasteiger partial charge on any atom is -0.258 e. The van der Waals surface area contributed by atoms with Crippen molar-refractivity contribution in [2.24, 2.45) is 0 Å². The molecule has 1 aromatic heterocycles. The molecule has 1 rings (SSSR count). The third-order valence-electron chi connectivity index (χ3n) is 1.36. The second-order valence-corrected chi connectivity index (χ2v) is 2.48. The number of halogens is 2. The van der Waals surface area contributed by atoms with Gasteiger partial charge in [-0.1, -0.05) is 13.8 Å². The zero-order valence-corrected chi connectivity index (χ0v) is 8.44. The van der Waals surface area contributed by atoms with Crippen molar-refractivity contribution < 1.29 is 8.78 Å². The molecule has 0 saturated heterocycles. The number of hydrogen-bond acceptors (Lipinski definition) is 1. The highest BCUT2D eigenvalue weighted by atomic mass is 19.3. The molecule has 0 unspecified atom stereocenters. The van der Waals surface area contributed by atoms with Gasteiger partial charge in [-0.25, -0.2) is 8.78 Å². The van der Waals surface area contributed by atoms with E-state index in [0.29, 0.717) is 11.4 Å². The largest absolute Gasteiger partial charge is 0.263 e. The van der Waals surface area contributed by atoms with E-state index in [4.69, 9.17) is 0 Å². The van der Waals surface area contributed by atoms with Gasteiger partial charge in [0.05, 0.1) is 0 Å². The molecule has 1 aromatic rings. The maximum absolute atomic E-state index is 12.1. The first-order chi connectivity index (χ1) is 6.09. The summed E-state index contributed by atoms with van der Waals surface area (Å²) in [7, 11) is 0. The highest BCUT2D eigenvalue weighted by molar-refractivity contribution is 5.20. The van der Waals surface area contributed by atoms with Crippen molar-refractivity contribution in [3.63, 3.8) is 0 Å². The minimum absolute atomic E-state index is 0.0509. The van der Waals surface area contributed by atoms with Crippen LogP contribution < -0.4 is 0 Å². The normalized spacial score (nSPS) is 9.46. The molecule has 13 heavy (non-hydrogen) atoms. The summed E-state index contributed by atoms with van der Waals surface area (Å²) in [5.41, 5.74) is 1.33. The Morgan fingerprint density at radius 2 is 1.46 bits per heavy atom. The standard InChI is InChI=1S/C8H9F2N.C2H6/c1-5-3-7(8(9)10)4-6(2)11-5;1-2/h3-4,8H,1-2H3;1-2H3. The highest BCUT2D eigenvalue weighted by Gasteiger charge is 2.07. The van der Waals surface area contributed by atoms with Crippen LogP contribution in [-0.2, 0) is 0 Å². The van der Waals surface area contributed by atoms with Crippen LogP contribution in [0.3, 0.4) is 0 Å². The molecule has 0 bridgehead atoms. The van der Waals surface area contributed by atoms with Gasteiger partial charge in [0.25, 0.3) is 6.43 Å². The summed E-state index contributed by atoms with van der Waals surface area (Å²) in [6, 6.07) is 2.80. The fourth-order valence-corrected chi connectivity index (χ4v) is 0.993. The summed E-state index contributed by atoms with van der Waals surface area (Å²) in [5.74, 6) is 0. The lowest BCUT2D eigenvalue weighted by Crippen LogP contribution is -1.91. The molecule has 0 aromatic carbocycles.